The number of H-pyrrole nitrogens is 1. The lowest BCUT2D eigenvalue weighted by Gasteiger charge is -2.31. The van der Waals surface area contributed by atoms with Crippen LogP contribution in [0.5, 0.6) is 5.88 Å². The summed E-state index contributed by atoms with van der Waals surface area (Å²) < 4.78 is 46.7. The van der Waals surface area contributed by atoms with Gasteiger partial charge in [0.2, 0.25) is 10.0 Å². The molecule has 1 amide bonds. The molecule has 262 valence electrons. The largest absolute Gasteiger partial charge is 0.494 e. The number of aromatic amines is 1. The lowest BCUT2D eigenvalue weighted by Crippen LogP contribution is -2.51. The minimum Gasteiger partial charge on any atom is -0.494 e. The van der Waals surface area contributed by atoms with Crippen LogP contribution in [0.15, 0.2) is 58.4 Å². The van der Waals surface area contributed by atoms with E-state index in [1.165, 1.54) is 16.4 Å². The summed E-state index contributed by atoms with van der Waals surface area (Å²) in [5.74, 6) is -0.220. The second-order valence-corrected chi connectivity index (χ2v) is 16.1. The van der Waals surface area contributed by atoms with Gasteiger partial charge >= 0.3 is 6.09 Å². The van der Waals surface area contributed by atoms with Gasteiger partial charge in [-0.2, -0.15) is 4.31 Å². The first-order valence-electron chi connectivity index (χ1n) is 16.5. The predicted molar refractivity (Wildman–Crippen MR) is 183 cm³/mol. The molecule has 5 atom stereocenters. The molecule has 0 bridgehead atoms. The SMILES string of the molecule is CC(=NC(C)(C)C)c1c(O)[nH]c2ccc(S(=O)(=O)N(CC(C)C)CC(O)C(Cc3ccccc3)NC(=O)OC3COC4OCCC34)cc12. The van der Waals surface area contributed by atoms with Gasteiger partial charge in [-0.05, 0) is 70.2 Å². The van der Waals surface area contributed by atoms with Crippen molar-refractivity contribution < 1.29 is 37.6 Å². The molecule has 3 heterocycles. The molecule has 2 aromatic carbocycles. The monoisotopic (exact) mass is 684 g/mol. The van der Waals surface area contributed by atoms with Crippen LogP contribution in [0.4, 0.5) is 4.79 Å². The van der Waals surface area contributed by atoms with E-state index in [2.05, 4.69) is 15.3 Å². The van der Waals surface area contributed by atoms with Gasteiger partial charge < -0.3 is 34.7 Å². The third-order valence-electron chi connectivity index (χ3n) is 8.52. The fraction of sp³-hybridized carbons (Fsp3) is 0.543. The Morgan fingerprint density at radius 1 is 1.15 bits per heavy atom. The van der Waals surface area contributed by atoms with Gasteiger partial charge in [0, 0.05) is 29.7 Å². The fourth-order valence-corrected chi connectivity index (χ4v) is 8.08. The van der Waals surface area contributed by atoms with Crippen molar-refractivity contribution in [2.24, 2.45) is 16.8 Å². The number of rotatable bonds is 12. The highest BCUT2D eigenvalue weighted by molar-refractivity contribution is 7.89. The number of aromatic hydroxyl groups is 1. The summed E-state index contributed by atoms with van der Waals surface area (Å²) in [5, 5.41) is 25.7. The molecule has 5 unspecified atom stereocenters. The summed E-state index contributed by atoms with van der Waals surface area (Å²) in [6.45, 7) is 12.0. The molecule has 0 spiro atoms. The molecule has 3 aromatic rings. The molecule has 0 radical (unpaired) electrons. The van der Waals surface area contributed by atoms with E-state index in [1.54, 1.807) is 13.0 Å². The number of ether oxygens (including phenoxy) is 3. The molecule has 4 N–H and O–H groups in total. The Bertz CT molecular complexity index is 1720. The van der Waals surface area contributed by atoms with Crippen molar-refractivity contribution in [2.75, 3.05) is 26.3 Å². The highest BCUT2D eigenvalue weighted by atomic mass is 32.2. The number of amides is 1. The van der Waals surface area contributed by atoms with E-state index in [1.807, 2.05) is 65.0 Å². The molecule has 5 rings (SSSR count). The average molecular weight is 685 g/mol. The molecule has 2 saturated heterocycles. The minimum atomic E-state index is -4.15. The smallest absolute Gasteiger partial charge is 0.407 e. The normalized spacial score (nSPS) is 21.5. The van der Waals surface area contributed by atoms with Crippen LogP contribution < -0.4 is 5.32 Å². The van der Waals surface area contributed by atoms with Gasteiger partial charge in [0.25, 0.3) is 0 Å². The first-order chi connectivity index (χ1) is 22.6. The standard InChI is InChI=1S/C35H48N4O8S/c1-21(2)18-39(48(43,44)24-12-13-27-26(17-24)31(32(41)36-27)22(3)38-35(4,5)6)19-29(40)28(16-23-10-8-7-9-11-23)37-34(42)47-30-20-46-33-25(30)14-15-45-33/h7-13,17,21,25,28-30,33,36,40-41H,14-16,18-20H2,1-6H3,(H,37,42). The van der Waals surface area contributed by atoms with Crippen molar-refractivity contribution in [2.45, 2.75) is 89.4 Å². The number of benzene rings is 2. The number of aliphatic imine (C=N–C) groups is 1. The maximum atomic E-state index is 14.3. The molecule has 0 saturated carbocycles. The number of carbonyl (C=O) groups excluding carboxylic acids is 1. The summed E-state index contributed by atoms with van der Waals surface area (Å²) in [4.78, 5) is 20.8. The topological polar surface area (TPSA) is 163 Å². The maximum absolute atomic E-state index is 14.3. The summed E-state index contributed by atoms with van der Waals surface area (Å²) in [7, 11) is -4.15. The van der Waals surface area contributed by atoms with Crippen LogP contribution in [-0.4, -0.2) is 96.1 Å². The van der Waals surface area contributed by atoms with Crippen LogP contribution >= 0.6 is 0 Å². The maximum Gasteiger partial charge on any atom is 0.407 e. The van der Waals surface area contributed by atoms with Crippen molar-refractivity contribution in [3.63, 3.8) is 0 Å². The van der Waals surface area contributed by atoms with Crippen LogP contribution in [0.3, 0.4) is 0 Å². The zero-order valence-electron chi connectivity index (χ0n) is 28.5. The third kappa shape index (κ3) is 8.38. The van der Waals surface area contributed by atoms with Crippen LogP contribution in [-0.2, 0) is 30.7 Å². The number of hydrogen-bond donors (Lipinski definition) is 4. The molecule has 2 aliphatic rings. The molecule has 12 nitrogen and oxygen atoms in total. The van der Waals surface area contributed by atoms with Crippen molar-refractivity contribution in [3.05, 3.63) is 59.7 Å². The molecule has 2 fully saturated rings. The highest BCUT2D eigenvalue weighted by Crippen LogP contribution is 2.34. The number of nitrogens with one attached hydrogen (secondary N) is 2. The van der Waals surface area contributed by atoms with Gasteiger partial charge in [-0.1, -0.05) is 44.2 Å². The number of alkyl carbamates (subject to hydrolysis) is 1. The van der Waals surface area contributed by atoms with Gasteiger partial charge in [-0.3, -0.25) is 4.99 Å². The molecule has 13 heteroatoms. The number of carbonyl (C=O) groups is 1. The lowest BCUT2D eigenvalue weighted by atomic mass is 10.0. The van der Waals surface area contributed by atoms with Crippen molar-refractivity contribution in [1.29, 1.82) is 0 Å². The van der Waals surface area contributed by atoms with E-state index in [0.29, 0.717) is 28.8 Å². The van der Waals surface area contributed by atoms with Crippen LogP contribution in [0.1, 0.15) is 59.1 Å². The van der Waals surface area contributed by atoms with E-state index >= 15 is 0 Å². The number of aliphatic hydroxyl groups is 1. The van der Waals surface area contributed by atoms with Crippen LogP contribution in [0.2, 0.25) is 0 Å². The summed E-state index contributed by atoms with van der Waals surface area (Å²) >= 11 is 0. The second-order valence-electron chi connectivity index (χ2n) is 14.1. The van der Waals surface area contributed by atoms with Crippen molar-refractivity contribution in [3.8, 4) is 5.88 Å². The van der Waals surface area contributed by atoms with E-state index in [9.17, 15) is 23.4 Å². The molecular weight excluding hydrogens is 636 g/mol. The van der Waals surface area contributed by atoms with Gasteiger partial charge in [-0.25, -0.2) is 13.2 Å². The lowest BCUT2D eigenvalue weighted by molar-refractivity contribution is -0.0907. The Balaban J connectivity index is 1.41. The van der Waals surface area contributed by atoms with Crippen LogP contribution in [0.25, 0.3) is 10.9 Å². The number of aliphatic hydroxyl groups excluding tert-OH is 1. The first kappa shape index (κ1) is 35.8. The quantitative estimate of drug-likeness (QED) is 0.202. The van der Waals surface area contributed by atoms with Gasteiger partial charge in [0.1, 0.15) is 6.10 Å². The number of hydrogen-bond acceptors (Lipinski definition) is 9. The predicted octanol–water partition coefficient (Wildman–Crippen LogP) is 4.59. The van der Waals surface area contributed by atoms with Crippen molar-refractivity contribution in [1.82, 2.24) is 14.6 Å². The zero-order valence-corrected chi connectivity index (χ0v) is 29.3. The van der Waals surface area contributed by atoms with E-state index in [0.717, 1.165) is 12.0 Å². The Morgan fingerprint density at radius 2 is 1.88 bits per heavy atom. The number of nitrogens with zero attached hydrogens (tertiary/aromatic N) is 2. The summed E-state index contributed by atoms with van der Waals surface area (Å²) in [6, 6.07) is 13.1. The number of sulfonamides is 1. The van der Waals surface area contributed by atoms with Gasteiger partial charge in [0.15, 0.2) is 12.2 Å². The molecule has 48 heavy (non-hydrogen) atoms. The Morgan fingerprint density at radius 3 is 2.56 bits per heavy atom. The second kappa shape index (κ2) is 14.6. The number of aromatic nitrogens is 1. The summed E-state index contributed by atoms with van der Waals surface area (Å²) in [5.41, 5.74) is 2.00. The van der Waals surface area contributed by atoms with Crippen LogP contribution in [0, 0.1) is 11.8 Å². The molecule has 1 aromatic heterocycles. The molecular formula is C35H48N4O8S. The highest BCUT2D eigenvalue weighted by Gasteiger charge is 2.44. The van der Waals surface area contributed by atoms with Gasteiger partial charge in [-0.15, -0.1) is 0 Å². The minimum absolute atomic E-state index is 0.00760. The summed E-state index contributed by atoms with van der Waals surface area (Å²) in [6.07, 6.45) is -1.90. The van der Waals surface area contributed by atoms with Gasteiger partial charge in [0.05, 0.1) is 47.3 Å². The fourth-order valence-electron chi connectivity index (χ4n) is 6.43. The molecule has 2 aliphatic heterocycles. The van der Waals surface area contributed by atoms with E-state index in [4.69, 9.17) is 14.2 Å². The van der Waals surface area contributed by atoms with Crippen molar-refractivity contribution >= 4 is 32.7 Å². The Hall–Kier alpha value is -3.49. The Labute approximate surface area is 282 Å². The first-order valence-corrected chi connectivity index (χ1v) is 17.9. The van der Waals surface area contributed by atoms with E-state index < -0.39 is 39.9 Å². The average Bonchev–Trinajstić information content (AvgIpc) is 3.70. The zero-order chi connectivity index (χ0) is 34.8. The van der Waals surface area contributed by atoms with E-state index in [-0.39, 0.29) is 55.0 Å². The number of fused-ring (bicyclic) bond motifs is 2. The molecule has 0 aliphatic carbocycles. The third-order valence-corrected chi connectivity index (χ3v) is 10.3. The Kier molecular flexibility index (Phi) is 10.9.